The maximum Gasteiger partial charge on any atom is 0.115 e. The number of ether oxygens (including phenoxy) is 1. The highest BCUT2D eigenvalue weighted by Crippen LogP contribution is 1.93. The Morgan fingerprint density at radius 2 is 1.88 bits per heavy atom. The minimum atomic E-state index is -0.0463. The Morgan fingerprint density at radius 1 is 1.38 bits per heavy atom. The summed E-state index contributed by atoms with van der Waals surface area (Å²) in [5, 5.41) is 0. The van der Waals surface area contributed by atoms with Crippen LogP contribution >= 0.6 is 0 Å². The lowest BCUT2D eigenvalue weighted by atomic mass is 10.4. The summed E-state index contributed by atoms with van der Waals surface area (Å²) in [7, 11) is 0. The van der Waals surface area contributed by atoms with Gasteiger partial charge in [0.05, 0.1) is 6.10 Å². The molecule has 0 bridgehead atoms. The van der Waals surface area contributed by atoms with Gasteiger partial charge in [-0.1, -0.05) is 5.92 Å². The van der Waals surface area contributed by atoms with Crippen molar-refractivity contribution in [2.24, 2.45) is 0 Å². The molecule has 0 fully saturated rings. The van der Waals surface area contributed by atoms with Gasteiger partial charge in [-0.05, 0) is 20.8 Å². The summed E-state index contributed by atoms with van der Waals surface area (Å²) in [5.74, 6) is 2.47. The lowest BCUT2D eigenvalue weighted by molar-refractivity contribution is 0.0514. The van der Waals surface area contributed by atoms with E-state index in [0.717, 1.165) is 0 Å². The van der Waals surface area contributed by atoms with Gasteiger partial charge in [-0.3, -0.25) is 0 Å². The summed E-state index contributed by atoms with van der Waals surface area (Å²) in [6.07, 6.45) is 5.24. The first kappa shape index (κ1) is 7.52. The second-order valence-corrected chi connectivity index (χ2v) is 1.99. The molecule has 1 unspecified atom stereocenters. The second-order valence-electron chi connectivity index (χ2n) is 1.99. The van der Waals surface area contributed by atoms with Gasteiger partial charge in [0.25, 0.3) is 0 Å². The highest BCUT2D eigenvalue weighted by atomic mass is 16.5. The van der Waals surface area contributed by atoms with E-state index in [1.165, 1.54) is 0 Å². The first-order chi connectivity index (χ1) is 3.66. The molecular weight excluding hydrogens is 100 g/mol. The van der Waals surface area contributed by atoms with Crippen molar-refractivity contribution >= 4 is 0 Å². The van der Waals surface area contributed by atoms with Crippen molar-refractivity contribution in [3.8, 4) is 12.3 Å². The summed E-state index contributed by atoms with van der Waals surface area (Å²) in [4.78, 5) is 0. The molecule has 0 saturated heterocycles. The van der Waals surface area contributed by atoms with Gasteiger partial charge in [0, 0.05) is 0 Å². The van der Waals surface area contributed by atoms with E-state index < -0.39 is 0 Å². The Bertz CT molecular complexity index is 89.1. The fourth-order valence-electron chi connectivity index (χ4n) is 0.448. The second kappa shape index (κ2) is 3.51. The van der Waals surface area contributed by atoms with Gasteiger partial charge in [-0.2, -0.15) is 0 Å². The van der Waals surface area contributed by atoms with Crippen molar-refractivity contribution in [2.75, 3.05) is 0 Å². The van der Waals surface area contributed by atoms with Gasteiger partial charge in [0.1, 0.15) is 6.10 Å². The van der Waals surface area contributed by atoms with Crippen LogP contribution in [-0.4, -0.2) is 12.2 Å². The number of hydrogen-bond acceptors (Lipinski definition) is 1. The standard InChI is InChI=1S/C7H12O/c1-5-7(4)8-6(2)3/h1,6-7H,2-4H3. The largest absolute Gasteiger partial charge is 0.363 e. The van der Waals surface area contributed by atoms with E-state index in [9.17, 15) is 0 Å². The molecule has 0 aromatic heterocycles. The lowest BCUT2D eigenvalue weighted by Crippen LogP contribution is -2.11. The highest BCUT2D eigenvalue weighted by Gasteiger charge is 1.97. The highest BCUT2D eigenvalue weighted by molar-refractivity contribution is 4.91. The van der Waals surface area contributed by atoms with Crippen LogP contribution in [0.25, 0.3) is 0 Å². The zero-order chi connectivity index (χ0) is 6.57. The minimum absolute atomic E-state index is 0.0463. The van der Waals surface area contributed by atoms with Crippen molar-refractivity contribution in [3.63, 3.8) is 0 Å². The van der Waals surface area contributed by atoms with Gasteiger partial charge in [-0.25, -0.2) is 0 Å². The molecule has 0 N–H and O–H groups in total. The molecule has 0 aromatic rings. The third-order valence-corrected chi connectivity index (χ3v) is 0.711. The van der Waals surface area contributed by atoms with Crippen LogP contribution in [0.1, 0.15) is 20.8 Å². The average molecular weight is 112 g/mol. The molecule has 0 aliphatic carbocycles. The number of hydrogen-bond donors (Lipinski definition) is 0. The molecule has 0 amide bonds. The molecule has 8 heavy (non-hydrogen) atoms. The zero-order valence-corrected chi connectivity index (χ0v) is 5.64. The van der Waals surface area contributed by atoms with Crippen LogP contribution in [0.4, 0.5) is 0 Å². The smallest absolute Gasteiger partial charge is 0.115 e. The first-order valence-electron chi connectivity index (χ1n) is 2.78. The lowest BCUT2D eigenvalue weighted by Gasteiger charge is -2.08. The first-order valence-corrected chi connectivity index (χ1v) is 2.78. The van der Waals surface area contributed by atoms with Gasteiger partial charge < -0.3 is 4.74 Å². The quantitative estimate of drug-likeness (QED) is 0.491. The molecule has 0 heterocycles. The van der Waals surface area contributed by atoms with Crippen molar-refractivity contribution < 1.29 is 4.74 Å². The fourth-order valence-corrected chi connectivity index (χ4v) is 0.448. The third-order valence-electron chi connectivity index (χ3n) is 0.711. The van der Waals surface area contributed by atoms with Crippen LogP contribution in [0.2, 0.25) is 0 Å². The van der Waals surface area contributed by atoms with Crippen LogP contribution in [0.3, 0.4) is 0 Å². The predicted octanol–water partition coefficient (Wildman–Crippen LogP) is 1.43. The number of rotatable bonds is 2. The Kier molecular flexibility index (Phi) is 3.30. The van der Waals surface area contributed by atoms with E-state index in [-0.39, 0.29) is 12.2 Å². The molecule has 1 heteroatoms. The van der Waals surface area contributed by atoms with Crippen LogP contribution < -0.4 is 0 Å². The van der Waals surface area contributed by atoms with Crippen LogP contribution in [0.15, 0.2) is 0 Å². The SMILES string of the molecule is C#CC(C)OC(C)C. The van der Waals surface area contributed by atoms with Crippen LogP contribution in [0, 0.1) is 12.3 Å². The Hall–Kier alpha value is -0.480. The fraction of sp³-hybridized carbons (Fsp3) is 0.714. The Balaban J connectivity index is 3.28. The average Bonchev–Trinajstić information content (AvgIpc) is 1.65. The van der Waals surface area contributed by atoms with Gasteiger partial charge in [0.15, 0.2) is 0 Å². The summed E-state index contributed by atoms with van der Waals surface area (Å²) >= 11 is 0. The van der Waals surface area contributed by atoms with E-state index in [2.05, 4.69) is 5.92 Å². The molecule has 0 aliphatic heterocycles. The van der Waals surface area contributed by atoms with E-state index in [0.29, 0.717) is 0 Å². The number of terminal acetylenes is 1. The molecule has 0 aliphatic rings. The summed E-state index contributed by atoms with van der Waals surface area (Å²) in [6, 6.07) is 0. The summed E-state index contributed by atoms with van der Waals surface area (Å²) in [5.41, 5.74) is 0. The molecule has 0 radical (unpaired) electrons. The van der Waals surface area contributed by atoms with E-state index >= 15 is 0 Å². The topological polar surface area (TPSA) is 9.23 Å². The Morgan fingerprint density at radius 3 is 2.00 bits per heavy atom. The molecule has 0 rings (SSSR count). The van der Waals surface area contributed by atoms with Crippen molar-refractivity contribution in [2.45, 2.75) is 33.0 Å². The summed E-state index contributed by atoms with van der Waals surface area (Å²) < 4.78 is 5.16. The summed E-state index contributed by atoms with van der Waals surface area (Å²) in [6.45, 7) is 5.79. The third kappa shape index (κ3) is 3.70. The maximum atomic E-state index is 5.16. The monoisotopic (exact) mass is 112 g/mol. The predicted molar refractivity (Wildman–Crippen MR) is 34.5 cm³/mol. The van der Waals surface area contributed by atoms with Crippen LogP contribution in [-0.2, 0) is 4.74 Å². The van der Waals surface area contributed by atoms with Crippen molar-refractivity contribution in [3.05, 3.63) is 0 Å². The van der Waals surface area contributed by atoms with Gasteiger partial charge in [-0.15, -0.1) is 6.42 Å². The molecule has 1 atom stereocenters. The Labute approximate surface area is 51.0 Å². The minimum Gasteiger partial charge on any atom is -0.363 e. The normalized spacial score (nSPS) is 13.4. The van der Waals surface area contributed by atoms with Crippen molar-refractivity contribution in [1.82, 2.24) is 0 Å². The van der Waals surface area contributed by atoms with Crippen molar-refractivity contribution in [1.29, 1.82) is 0 Å². The maximum absolute atomic E-state index is 5.16. The zero-order valence-electron chi connectivity index (χ0n) is 5.64. The molecular formula is C7H12O. The molecule has 0 aromatic carbocycles. The van der Waals surface area contributed by atoms with E-state index in [4.69, 9.17) is 11.2 Å². The molecule has 0 spiro atoms. The van der Waals surface area contributed by atoms with Gasteiger partial charge in [0.2, 0.25) is 0 Å². The molecule has 46 valence electrons. The molecule has 0 saturated carbocycles. The van der Waals surface area contributed by atoms with E-state index in [1.54, 1.807) is 0 Å². The van der Waals surface area contributed by atoms with E-state index in [1.807, 2.05) is 20.8 Å². The van der Waals surface area contributed by atoms with Crippen LogP contribution in [0.5, 0.6) is 0 Å². The molecule has 1 nitrogen and oxygen atoms in total. The van der Waals surface area contributed by atoms with Gasteiger partial charge >= 0.3 is 0 Å².